The summed E-state index contributed by atoms with van der Waals surface area (Å²) < 4.78 is 0. The number of hydrogen-bond acceptors (Lipinski definition) is 2. The average molecular weight is 326 g/mol. The van der Waals surface area contributed by atoms with Crippen molar-refractivity contribution in [1.82, 2.24) is 0 Å². The monoisotopic (exact) mass is 325 g/mol. The lowest BCUT2D eigenvalue weighted by Gasteiger charge is -2.21. The van der Waals surface area contributed by atoms with Gasteiger partial charge in [-0.3, -0.25) is 4.99 Å². The van der Waals surface area contributed by atoms with Crippen LogP contribution in [-0.2, 0) is 0 Å². The highest BCUT2D eigenvalue weighted by Crippen LogP contribution is 2.27. The van der Waals surface area contributed by atoms with E-state index in [4.69, 9.17) is 4.99 Å². The Balaban J connectivity index is 2.40. The summed E-state index contributed by atoms with van der Waals surface area (Å²) in [6.45, 7) is 5.69. The standard InChI is InChI=1S/C20H39NS/c1-3-5-7-9-12-16-19(15-11-8-6-4-2)20-21-17-13-10-14-18-22-20/h19H,3-18H2,1-2H3. The van der Waals surface area contributed by atoms with Crippen LogP contribution in [-0.4, -0.2) is 17.3 Å². The molecule has 22 heavy (non-hydrogen) atoms. The molecule has 1 unspecified atom stereocenters. The van der Waals surface area contributed by atoms with Gasteiger partial charge in [0.1, 0.15) is 0 Å². The molecule has 0 aliphatic carbocycles. The van der Waals surface area contributed by atoms with E-state index < -0.39 is 0 Å². The van der Waals surface area contributed by atoms with Crippen LogP contribution in [0, 0.1) is 5.92 Å². The van der Waals surface area contributed by atoms with Crippen molar-refractivity contribution in [1.29, 1.82) is 0 Å². The SMILES string of the molecule is CCCCCCCC(CCCCCC)C1=NCCCCCS1. The number of nitrogens with zero attached hydrogens (tertiary/aromatic N) is 1. The van der Waals surface area contributed by atoms with E-state index in [0.29, 0.717) is 0 Å². The van der Waals surface area contributed by atoms with Crippen molar-refractivity contribution in [2.75, 3.05) is 12.3 Å². The highest BCUT2D eigenvalue weighted by atomic mass is 32.2. The van der Waals surface area contributed by atoms with Crippen LogP contribution in [0.25, 0.3) is 0 Å². The molecule has 0 amide bonds. The molecular formula is C20H39NS. The molecule has 0 saturated heterocycles. The lowest BCUT2D eigenvalue weighted by molar-refractivity contribution is 0.493. The first kappa shape index (κ1) is 20.1. The molecule has 130 valence electrons. The minimum Gasteiger partial charge on any atom is -0.283 e. The molecule has 1 rings (SSSR count). The Hall–Kier alpha value is 0.0200. The van der Waals surface area contributed by atoms with Gasteiger partial charge in [0.15, 0.2) is 0 Å². The molecule has 1 atom stereocenters. The lowest BCUT2D eigenvalue weighted by atomic mass is 9.95. The first-order chi connectivity index (χ1) is 10.9. The molecule has 0 aromatic rings. The average Bonchev–Trinajstić information content (AvgIpc) is 2.49. The smallest absolute Gasteiger partial charge is 0.0706 e. The van der Waals surface area contributed by atoms with Crippen LogP contribution in [0.4, 0.5) is 0 Å². The summed E-state index contributed by atoms with van der Waals surface area (Å²) in [5.41, 5.74) is 0. The van der Waals surface area contributed by atoms with E-state index in [9.17, 15) is 0 Å². The highest BCUT2D eigenvalue weighted by molar-refractivity contribution is 8.13. The maximum Gasteiger partial charge on any atom is 0.0706 e. The Morgan fingerprint density at radius 2 is 1.45 bits per heavy atom. The van der Waals surface area contributed by atoms with Crippen LogP contribution in [0.2, 0.25) is 0 Å². The van der Waals surface area contributed by atoms with Crippen molar-refractivity contribution >= 4 is 16.8 Å². The van der Waals surface area contributed by atoms with Crippen LogP contribution in [0.15, 0.2) is 4.99 Å². The highest BCUT2D eigenvalue weighted by Gasteiger charge is 2.17. The summed E-state index contributed by atoms with van der Waals surface area (Å²) in [6, 6.07) is 0. The van der Waals surface area contributed by atoms with Gasteiger partial charge in [0.05, 0.1) is 5.04 Å². The van der Waals surface area contributed by atoms with Crippen molar-refractivity contribution in [3.05, 3.63) is 0 Å². The predicted molar refractivity (Wildman–Crippen MR) is 104 cm³/mol. The van der Waals surface area contributed by atoms with Crippen molar-refractivity contribution in [2.45, 2.75) is 104 Å². The topological polar surface area (TPSA) is 12.4 Å². The summed E-state index contributed by atoms with van der Waals surface area (Å²) in [7, 11) is 0. The normalized spacial score (nSPS) is 17.6. The van der Waals surface area contributed by atoms with Gasteiger partial charge in [0, 0.05) is 12.5 Å². The molecule has 0 spiro atoms. The minimum absolute atomic E-state index is 0.779. The van der Waals surface area contributed by atoms with Gasteiger partial charge in [-0.2, -0.15) is 0 Å². The second-order valence-corrected chi connectivity index (χ2v) is 7.99. The fourth-order valence-electron chi connectivity index (χ4n) is 3.25. The molecule has 0 N–H and O–H groups in total. The molecule has 0 bridgehead atoms. The van der Waals surface area contributed by atoms with Gasteiger partial charge in [-0.1, -0.05) is 78.1 Å². The second-order valence-electron chi connectivity index (χ2n) is 6.88. The van der Waals surface area contributed by atoms with Gasteiger partial charge >= 0.3 is 0 Å². The van der Waals surface area contributed by atoms with E-state index in [2.05, 4.69) is 25.6 Å². The summed E-state index contributed by atoms with van der Waals surface area (Å²) in [5, 5.41) is 1.52. The molecule has 1 heterocycles. The van der Waals surface area contributed by atoms with E-state index in [-0.39, 0.29) is 0 Å². The summed E-state index contributed by atoms with van der Waals surface area (Å²) >= 11 is 2.09. The second kappa shape index (κ2) is 14.6. The zero-order valence-electron chi connectivity index (χ0n) is 15.2. The maximum atomic E-state index is 4.98. The number of aliphatic imine (C=N–C) groups is 1. The zero-order chi connectivity index (χ0) is 15.9. The first-order valence-electron chi connectivity index (χ1n) is 10.1. The molecule has 0 fully saturated rings. The van der Waals surface area contributed by atoms with E-state index >= 15 is 0 Å². The number of thioether (sulfide) groups is 1. The molecule has 0 saturated carbocycles. The Kier molecular flexibility index (Phi) is 13.3. The minimum atomic E-state index is 0.779. The number of rotatable bonds is 12. The largest absolute Gasteiger partial charge is 0.283 e. The van der Waals surface area contributed by atoms with Gasteiger partial charge in [-0.25, -0.2) is 0 Å². The lowest BCUT2D eigenvalue weighted by Crippen LogP contribution is -2.14. The van der Waals surface area contributed by atoms with Crippen molar-refractivity contribution in [2.24, 2.45) is 10.9 Å². The van der Waals surface area contributed by atoms with Crippen LogP contribution < -0.4 is 0 Å². The van der Waals surface area contributed by atoms with Crippen LogP contribution >= 0.6 is 11.8 Å². The fourth-order valence-corrected chi connectivity index (χ4v) is 4.46. The van der Waals surface area contributed by atoms with Gasteiger partial charge < -0.3 is 0 Å². The molecule has 0 aromatic carbocycles. The third-order valence-corrected chi connectivity index (χ3v) is 5.98. The van der Waals surface area contributed by atoms with E-state index in [1.807, 2.05) is 0 Å². The first-order valence-corrected chi connectivity index (χ1v) is 11.0. The zero-order valence-corrected chi connectivity index (χ0v) is 16.1. The molecule has 2 heteroatoms. The van der Waals surface area contributed by atoms with Gasteiger partial charge in [0.2, 0.25) is 0 Å². The Bertz CT molecular complexity index is 275. The predicted octanol–water partition coefficient (Wildman–Crippen LogP) is 7.25. The Morgan fingerprint density at radius 3 is 2.14 bits per heavy atom. The fraction of sp³-hybridized carbons (Fsp3) is 0.950. The third kappa shape index (κ3) is 9.92. The van der Waals surface area contributed by atoms with Crippen molar-refractivity contribution in [3.8, 4) is 0 Å². The quantitative estimate of drug-likeness (QED) is 0.344. The van der Waals surface area contributed by atoms with E-state index in [0.717, 1.165) is 12.5 Å². The van der Waals surface area contributed by atoms with Gasteiger partial charge in [-0.05, 0) is 31.4 Å². The van der Waals surface area contributed by atoms with Crippen LogP contribution in [0.5, 0.6) is 0 Å². The number of hydrogen-bond donors (Lipinski definition) is 0. The van der Waals surface area contributed by atoms with Gasteiger partial charge in [-0.15, -0.1) is 11.8 Å². The molecule has 1 aliphatic heterocycles. The van der Waals surface area contributed by atoms with Crippen LogP contribution in [0.3, 0.4) is 0 Å². The van der Waals surface area contributed by atoms with Crippen molar-refractivity contribution in [3.63, 3.8) is 0 Å². The van der Waals surface area contributed by atoms with Gasteiger partial charge in [0.25, 0.3) is 0 Å². The van der Waals surface area contributed by atoms with E-state index in [1.165, 1.54) is 101 Å². The molecule has 1 aliphatic rings. The summed E-state index contributed by atoms with van der Waals surface area (Å²) in [5.74, 6) is 2.08. The maximum absolute atomic E-state index is 4.98. The molecule has 0 radical (unpaired) electrons. The summed E-state index contributed by atoms with van der Waals surface area (Å²) in [4.78, 5) is 4.98. The van der Waals surface area contributed by atoms with Crippen molar-refractivity contribution < 1.29 is 0 Å². The van der Waals surface area contributed by atoms with Crippen LogP contribution in [0.1, 0.15) is 104 Å². The molecule has 0 aromatic heterocycles. The van der Waals surface area contributed by atoms with E-state index in [1.54, 1.807) is 0 Å². The summed E-state index contributed by atoms with van der Waals surface area (Å²) in [6.07, 6.45) is 19.5. The molecular weight excluding hydrogens is 286 g/mol. The Labute approximate surface area is 144 Å². The molecule has 1 nitrogen and oxygen atoms in total. The third-order valence-electron chi connectivity index (χ3n) is 4.73. The number of unbranched alkanes of at least 4 members (excludes halogenated alkanes) is 7. The Morgan fingerprint density at radius 1 is 0.818 bits per heavy atom.